The SMILES string of the molecule is Cc1nc2cc(NS(C)=O)c(-c3ccccc3)cc2s1. The van der Waals surface area contributed by atoms with Gasteiger partial charge in [0.05, 0.1) is 20.9 Å². The third-order valence-electron chi connectivity index (χ3n) is 2.97. The Morgan fingerprint density at radius 3 is 2.65 bits per heavy atom. The Morgan fingerprint density at radius 2 is 1.95 bits per heavy atom. The van der Waals surface area contributed by atoms with E-state index in [4.69, 9.17) is 0 Å². The second-order valence-corrected chi connectivity index (χ2v) is 6.87. The fourth-order valence-corrected chi connectivity index (χ4v) is 3.51. The Kier molecular flexibility index (Phi) is 3.54. The van der Waals surface area contributed by atoms with E-state index >= 15 is 0 Å². The average molecular weight is 302 g/mol. The number of aromatic nitrogens is 1. The van der Waals surface area contributed by atoms with Crippen LogP contribution in [0.3, 0.4) is 0 Å². The number of benzene rings is 2. The predicted octanol–water partition coefficient (Wildman–Crippen LogP) is 3.98. The van der Waals surface area contributed by atoms with Crippen molar-refractivity contribution in [2.45, 2.75) is 6.92 Å². The standard InChI is InChI=1S/C15H14N2OS2/c1-10-16-14-9-13(17-20(2)18)12(8-15(14)19-10)11-6-4-3-5-7-11/h3-9,17H,1-2H3. The quantitative estimate of drug-likeness (QED) is 0.795. The van der Waals surface area contributed by atoms with Crippen LogP contribution in [0.25, 0.3) is 21.3 Å². The smallest absolute Gasteiger partial charge is 0.113 e. The molecule has 3 nitrogen and oxygen atoms in total. The van der Waals surface area contributed by atoms with Crippen molar-refractivity contribution in [2.75, 3.05) is 11.0 Å². The first-order chi connectivity index (χ1) is 9.63. The van der Waals surface area contributed by atoms with Crippen LogP contribution in [-0.4, -0.2) is 15.4 Å². The van der Waals surface area contributed by atoms with Crippen LogP contribution >= 0.6 is 11.3 Å². The summed E-state index contributed by atoms with van der Waals surface area (Å²) in [6.45, 7) is 2.00. The number of thiazole rings is 1. The van der Waals surface area contributed by atoms with Crippen LogP contribution in [0.2, 0.25) is 0 Å². The summed E-state index contributed by atoms with van der Waals surface area (Å²) in [6, 6.07) is 14.2. The lowest BCUT2D eigenvalue weighted by Crippen LogP contribution is -2.02. The molecular weight excluding hydrogens is 288 g/mol. The van der Waals surface area contributed by atoms with Crippen molar-refractivity contribution in [1.82, 2.24) is 4.98 Å². The zero-order valence-electron chi connectivity index (χ0n) is 11.2. The van der Waals surface area contributed by atoms with Gasteiger partial charge < -0.3 is 4.72 Å². The van der Waals surface area contributed by atoms with E-state index in [-0.39, 0.29) is 0 Å². The van der Waals surface area contributed by atoms with Gasteiger partial charge >= 0.3 is 0 Å². The summed E-state index contributed by atoms with van der Waals surface area (Å²) in [7, 11) is -1.11. The Hall–Kier alpha value is -1.72. The maximum absolute atomic E-state index is 11.5. The fourth-order valence-electron chi connectivity index (χ4n) is 2.18. The second-order valence-electron chi connectivity index (χ2n) is 4.52. The largest absolute Gasteiger partial charge is 0.305 e. The highest BCUT2D eigenvalue weighted by Gasteiger charge is 2.10. The number of fused-ring (bicyclic) bond motifs is 1. The zero-order valence-corrected chi connectivity index (χ0v) is 12.8. The van der Waals surface area contributed by atoms with Crippen molar-refractivity contribution in [1.29, 1.82) is 0 Å². The molecule has 0 fully saturated rings. The molecule has 1 aromatic heterocycles. The number of anilines is 1. The molecule has 0 aliphatic carbocycles. The molecule has 0 radical (unpaired) electrons. The van der Waals surface area contributed by atoms with Crippen LogP contribution in [0.5, 0.6) is 0 Å². The Labute approximate surface area is 124 Å². The van der Waals surface area contributed by atoms with Gasteiger partial charge in [0.15, 0.2) is 0 Å². The minimum absolute atomic E-state index is 0.856. The van der Waals surface area contributed by atoms with Gasteiger partial charge in [-0.05, 0) is 24.6 Å². The first-order valence-corrected chi connectivity index (χ1v) is 8.57. The summed E-state index contributed by atoms with van der Waals surface area (Å²) < 4.78 is 15.7. The molecule has 3 aromatic rings. The first-order valence-electron chi connectivity index (χ1n) is 6.20. The second kappa shape index (κ2) is 5.34. The van der Waals surface area contributed by atoms with Crippen LogP contribution < -0.4 is 4.72 Å². The molecule has 20 heavy (non-hydrogen) atoms. The molecule has 0 saturated carbocycles. The minimum atomic E-state index is -1.11. The van der Waals surface area contributed by atoms with E-state index in [0.29, 0.717) is 0 Å². The maximum Gasteiger partial charge on any atom is 0.113 e. The van der Waals surface area contributed by atoms with Crippen LogP contribution in [0.15, 0.2) is 42.5 Å². The predicted molar refractivity (Wildman–Crippen MR) is 87.5 cm³/mol. The summed E-state index contributed by atoms with van der Waals surface area (Å²) in [5.41, 5.74) is 3.96. The molecule has 1 N–H and O–H groups in total. The number of aryl methyl sites for hydroxylation is 1. The first kappa shape index (κ1) is 13.3. The number of nitrogens with zero attached hydrogens (tertiary/aromatic N) is 1. The van der Waals surface area contributed by atoms with Crippen molar-refractivity contribution in [3.8, 4) is 11.1 Å². The molecule has 102 valence electrons. The van der Waals surface area contributed by atoms with E-state index in [2.05, 4.69) is 27.9 Å². The zero-order chi connectivity index (χ0) is 14.1. The molecule has 1 heterocycles. The third kappa shape index (κ3) is 2.59. The van der Waals surface area contributed by atoms with Crippen molar-refractivity contribution in [2.24, 2.45) is 0 Å². The average Bonchev–Trinajstić information content (AvgIpc) is 2.77. The number of hydrogen-bond acceptors (Lipinski definition) is 3. The summed E-state index contributed by atoms with van der Waals surface area (Å²) in [5.74, 6) is 0. The molecule has 5 heteroatoms. The Balaban J connectivity index is 2.23. The summed E-state index contributed by atoms with van der Waals surface area (Å²) in [5, 5.41) is 1.04. The van der Waals surface area contributed by atoms with Crippen molar-refractivity contribution in [3.63, 3.8) is 0 Å². The van der Waals surface area contributed by atoms with Crippen LogP contribution in [0.1, 0.15) is 5.01 Å². The number of rotatable bonds is 3. The van der Waals surface area contributed by atoms with Gasteiger partial charge in [-0.15, -0.1) is 11.3 Å². The molecule has 0 aliphatic heterocycles. The number of nitrogens with one attached hydrogen (secondary N) is 1. The van der Waals surface area contributed by atoms with Crippen LogP contribution in [0, 0.1) is 6.92 Å². The van der Waals surface area contributed by atoms with Crippen LogP contribution in [0.4, 0.5) is 5.69 Å². The summed E-state index contributed by atoms with van der Waals surface area (Å²) >= 11 is 1.67. The third-order valence-corrected chi connectivity index (χ3v) is 4.41. The van der Waals surface area contributed by atoms with Gasteiger partial charge in [0.2, 0.25) is 0 Å². The lowest BCUT2D eigenvalue weighted by atomic mass is 10.0. The lowest BCUT2D eigenvalue weighted by Gasteiger charge is -2.10. The Bertz CT molecular complexity index is 781. The monoisotopic (exact) mass is 302 g/mol. The van der Waals surface area contributed by atoms with E-state index in [1.54, 1.807) is 17.6 Å². The fraction of sp³-hybridized carbons (Fsp3) is 0.133. The summed E-state index contributed by atoms with van der Waals surface area (Å²) in [4.78, 5) is 4.50. The summed E-state index contributed by atoms with van der Waals surface area (Å²) in [6.07, 6.45) is 1.63. The van der Waals surface area contributed by atoms with Crippen LogP contribution in [-0.2, 0) is 11.0 Å². The molecular formula is C15H14N2OS2. The Morgan fingerprint density at radius 1 is 1.20 bits per heavy atom. The molecule has 2 aromatic carbocycles. The highest BCUT2D eigenvalue weighted by Crippen LogP contribution is 2.34. The highest BCUT2D eigenvalue weighted by atomic mass is 32.2. The normalized spacial score (nSPS) is 12.5. The van der Waals surface area contributed by atoms with Gasteiger partial charge in [-0.25, -0.2) is 9.19 Å². The van der Waals surface area contributed by atoms with Gasteiger partial charge in [0, 0.05) is 11.8 Å². The van der Waals surface area contributed by atoms with Gasteiger partial charge in [-0.2, -0.15) is 0 Å². The highest BCUT2D eigenvalue weighted by molar-refractivity contribution is 7.85. The van der Waals surface area contributed by atoms with Crippen molar-refractivity contribution in [3.05, 3.63) is 47.5 Å². The van der Waals surface area contributed by atoms with Gasteiger partial charge in [-0.3, -0.25) is 0 Å². The van der Waals surface area contributed by atoms with Gasteiger partial charge in [0.1, 0.15) is 11.0 Å². The minimum Gasteiger partial charge on any atom is -0.305 e. The number of hydrogen-bond donors (Lipinski definition) is 1. The molecule has 1 unspecified atom stereocenters. The lowest BCUT2D eigenvalue weighted by molar-refractivity contribution is 0.690. The van der Waals surface area contributed by atoms with E-state index in [1.807, 2.05) is 31.2 Å². The van der Waals surface area contributed by atoms with E-state index < -0.39 is 11.0 Å². The maximum atomic E-state index is 11.5. The van der Waals surface area contributed by atoms with E-state index in [9.17, 15) is 4.21 Å². The molecule has 0 bridgehead atoms. The molecule has 0 amide bonds. The molecule has 0 spiro atoms. The molecule has 3 rings (SSSR count). The molecule has 1 atom stereocenters. The molecule has 0 aliphatic rings. The van der Waals surface area contributed by atoms with Gasteiger partial charge in [-0.1, -0.05) is 30.3 Å². The van der Waals surface area contributed by atoms with Crippen molar-refractivity contribution >= 4 is 38.2 Å². The van der Waals surface area contributed by atoms with Gasteiger partial charge in [0.25, 0.3) is 0 Å². The van der Waals surface area contributed by atoms with E-state index in [1.165, 1.54) is 0 Å². The van der Waals surface area contributed by atoms with E-state index in [0.717, 1.165) is 32.0 Å². The topological polar surface area (TPSA) is 42.0 Å². The molecule has 0 saturated heterocycles. The van der Waals surface area contributed by atoms with Crippen molar-refractivity contribution < 1.29 is 4.21 Å².